The molecule has 0 fully saturated rings. The number of nitrogens with one attached hydrogen (secondary N) is 1. The fraction of sp³-hybridized carbons (Fsp3) is 0.647. The van der Waals surface area contributed by atoms with Crippen LogP contribution in [0.3, 0.4) is 0 Å². The van der Waals surface area contributed by atoms with Crippen LogP contribution >= 0.6 is 0 Å². The molecule has 0 amide bonds. The van der Waals surface area contributed by atoms with E-state index in [9.17, 15) is 4.39 Å². The van der Waals surface area contributed by atoms with Gasteiger partial charge in [-0.25, -0.2) is 4.39 Å². The standard InChI is InChI=1S/C17H28FNO2/c1-5-11-19-15(10-9-13(2)20-3)12-14-7-6-8-16(21-4)17(14)18/h6-8,13,15,19H,5,9-12H2,1-4H3. The second kappa shape index (κ2) is 9.74. The van der Waals surface area contributed by atoms with Gasteiger partial charge in [-0.15, -0.1) is 0 Å². The van der Waals surface area contributed by atoms with Gasteiger partial charge in [-0.05, 0) is 50.8 Å². The summed E-state index contributed by atoms with van der Waals surface area (Å²) in [7, 11) is 3.22. The molecule has 4 heteroatoms. The summed E-state index contributed by atoms with van der Waals surface area (Å²) in [5.74, 6) is 0.0649. The lowest BCUT2D eigenvalue weighted by atomic mass is 9.99. The summed E-state index contributed by atoms with van der Waals surface area (Å²) in [4.78, 5) is 0. The largest absolute Gasteiger partial charge is 0.494 e. The molecule has 1 aromatic rings. The van der Waals surface area contributed by atoms with Gasteiger partial charge in [-0.3, -0.25) is 0 Å². The van der Waals surface area contributed by atoms with E-state index in [1.54, 1.807) is 13.2 Å². The molecule has 0 saturated heterocycles. The van der Waals surface area contributed by atoms with Gasteiger partial charge in [0.15, 0.2) is 11.6 Å². The number of hydrogen-bond acceptors (Lipinski definition) is 3. The minimum atomic E-state index is -0.247. The highest BCUT2D eigenvalue weighted by Crippen LogP contribution is 2.22. The van der Waals surface area contributed by atoms with Gasteiger partial charge in [0.25, 0.3) is 0 Å². The zero-order valence-electron chi connectivity index (χ0n) is 13.6. The first-order chi connectivity index (χ1) is 10.1. The van der Waals surface area contributed by atoms with E-state index in [-0.39, 0.29) is 18.0 Å². The maximum Gasteiger partial charge on any atom is 0.168 e. The van der Waals surface area contributed by atoms with Gasteiger partial charge in [-0.2, -0.15) is 0 Å². The Morgan fingerprint density at radius 2 is 2.00 bits per heavy atom. The van der Waals surface area contributed by atoms with E-state index in [2.05, 4.69) is 19.2 Å². The lowest BCUT2D eigenvalue weighted by Gasteiger charge is -2.21. The molecule has 0 heterocycles. The number of methoxy groups -OCH3 is 2. The molecular weight excluding hydrogens is 269 g/mol. The molecular formula is C17H28FNO2. The number of hydrogen-bond donors (Lipinski definition) is 1. The molecule has 120 valence electrons. The summed E-state index contributed by atoms with van der Waals surface area (Å²) < 4.78 is 24.6. The Morgan fingerprint density at radius 3 is 2.62 bits per heavy atom. The van der Waals surface area contributed by atoms with Crippen molar-refractivity contribution in [1.82, 2.24) is 5.32 Å². The summed E-state index contributed by atoms with van der Waals surface area (Å²) in [5.41, 5.74) is 0.702. The molecule has 1 N–H and O–H groups in total. The second-order valence-electron chi connectivity index (χ2n) is 5.41. The van der Waals surface area contributed by atoms with Gasteiger partial charge in [0.05, 0.1) is 13.2 Å². The van der Waals surface area contributed by atoms with E-state index >= 15 is 0 Å². The first-order valence-corrected chi connectivity index (χ1v) is 7.69. The van der Waals surface area contributed by atoms with Crippen LogP contribution in [0.2, 0.25) is 0 Å². The van der Waals surface area contributed by atoms with Crippen molar-refractivity contribution in [3.8, 4) is 5.75 Å². The van der Waals surface area contributed by atoms with E-state index in [0.29, 0.717) is 17.7 Å². The van der Waals surface area contributed by atoms with Crippen LogP contribution in [-0.2, 0) is 11.2 Å². The molecule has 3 nitrogen and oxygen atoms in total. The van der Waals surface area contributed by atoms with Gasteiger partial charge in [0, 0.05) is 13.2 Å². The van der Waals surface area contributed by atoms with Crippen molar-refractivity contribution in [1.29, 1.82) is 0 Å². The van der Waals surface area contributed by atoms with Crippen LogP contribution in [0.1, 0.15) is 38.7 Å². The normalized spacial score (nSPS) is 14.0. The molecule has 0 aromatic heterocycles. The highest BCUT2D eigenvalue weighted by molar-refractivity contribution is 5.31. The van der Waals surface area contributed by atoms with Gasteiger partial charge in [-0.1, -0.05) is 19.1 Å². The zero-order chi connectivity index (χ0) is 15.7. The van der Waals surface area contributed by atoms with E-state index in [1.807, 2.05) is 12.1 Å². The van der Waals surface area contributed by atoms with Crippen LogP contribution in [0.4, 0.5) is 4.39 Å². The topological polar surface area (TPSA) is 30.5 Å². The molecule has 0 spiro atoms. The summed E-state index contributed by atoms with van der Waals surface area (Å²) >= 11 is 0. The van der Waals surface area contributed by atoms with Crippen LogP contribution in [0, 0.1) is 5.82 Å². The average molecular weight is 297 g/mol. The van der Waals surface area contributed by atoms with E-state index in [0.717, 1.165) is 25.8 Å². The SMILES string of the molecule is CCCNC(CCC(C)OC)Cc1cccc(OC)c1F. The van der Waals surface area contributed by atoms with Crippen molar-refractivity contribution in [3.05, 3.63) is 29.6 Å². The van der Waals surface area contributed by atoms with Gasteiger partial charge in [0.1, 0.15) is 0 Å². The predicted octanol–water partition coefficient (Wildman–Crippen LogP) is 3.56. The zero-order valence-corrected chi connectivity index (χ0v) is 13.6. The Labute approximate surface area is 127 Å². The van der Waals surface area contributed by atoms with E-state index in [1.165, 1.54) is 7.11 Å². The van der Waals surface area contributed by atoms with Crippen LogP contribution in [0.15, 0.2) is 18.2 Å². The lowest BCUT2D eigenvalue weighted by Crippen LogP contribution is -2.33. The molecule has 0 radical (unpaired) electrons. The van der Waals surface area contributed by atoms with Crippen molar-refractivity contribution < 1.29 is 13.9 Å². The number of rotatable bonds is 10. The molecule has 0 aliphatic rings. The molecule has 0 aliphatic heterocycles. The molecule has 2 atom stereocenters. The fourth-order valence-corrected chi connectivity index (χ4v) is 2.32. The van der Waals surface area contributed by atoms with Gasteiger partial charge < -0.3 is 14.8 Å². The van der Waals surface area contributed by atoms with Crippen LogP contribution in [0.25, 0.3) is 0 Å². The van der Waals surface area contributed by atoms with Crippen LogP contribution in [-0.4, -0.2) is 32.9 Å². The van der Waals surface area contributed by atoms with Crippen LogP contribution < -0.4 is 10.1 Å². The average Bonchev–Trinajstić information content (AvgIpc) is 2.51. The third-order valence-corrected chi connectivity index (χ3v) is 3.74. The van der Waals surface area contributed by atoms with Crippen molar-refractivity contribution in [2.24, 2.45) is 0 Å². The summed E-state index contributed by atoms with van der Waals surface area (Å²) in [6.07, 6.45) is 3.89. The summed E-state index contributed by atoms with van der Waals surface area (Å²) in [5, 5.41) is 3.50. The number of ether oxygens (including phenoxy) is 2. The Hall–Kier alpha value is -1.13. The molecule has 0 saturated carbocycles. The van der Waals surface area contributed by atoms with Crippen molar-refractivity contribution in [2.75, 3.05) is 20.8 Å². The predicted molar refractivity (Wildman–Crippen MR) is 84.4 cm³/mol. The summed E-state index contributed by atoms with van der Waals surface area (Å²) in [6, 6.07) is 5.58. The van der Waals surface area contributed by atoms with Gasteiger partial charge >= 0.3 is 0 Å². The summed E-state index contributed by atoms with van der Waals surface area (Å²) in [6.45, 7) is 5.13. The molecule has 1 aromatic carbocycles. The quantitative estimate of drug-likeness (QED) is 0.716. The third-order valence-electron chi connectivity index (χ3n) is 3.74. The Balaban J connectivity index is 2.70. The number of benzene rings is 1. The Kier molecular flexibility index (Phi) is 8.31. The minimum absolute atomic E-state index is 0.228. The smallest absolute Gasteiger partial charge is 0.168 e. The van der Waals surface area contributed by atoms with Crippen molar-refractivity contribution >= 4 is 0 Å². The maximum absolute atomic E-state index is 14.2. The highest BCUT2D eigenvalue weighted by Gasteiger charge is 2.15. The molecule has 0 aliphatic carbocycles. The van der Waals surface area contributed by atoms with E-state index < -0.39 is 0 Å². The lowest BCUT2D eigenvalue weighted by molar-refractivity contribution is 0.106. The fourth-order valence-electron chi connectivity index (χ4n) is 2.32. The molecule has 1 rings (SSSR count). The maximum atomic E-state index is 14.2. The molecule has 0 bridgehead atoms. The Bertz CT molecular complexity index is 412. The highest BCUT2D eigenvalue weighted by atomic mass is 19.1. The van der Waals surface area contributed by atoms with E-state index in [4.69, 9.17) is 9.47 Å². The molecule has 2 unspecified atom stereocenters. The first-order valence-electron chi connectivity index (χ1n) is 7.69. The molecule has 21 heavy (non-hydrogen) atoms. The van der Waals surface area contributed by atoms with Crippen LogP contribution in [0.5, 0.6) is 5.75 Å². The minimum Gasteiger partial charge on any atom is -0.494 e. The van der Waals surface area contributed by atoms with Crippen molar-refractivity contribution in [2.45, 2.75) is 51.7 Å². The monoisotopic (exact) mass is 297 g/mol. The number of halogens is 1. The van der Waals surface area contributed by atoms with Crippen molar-refractivity contribution in [3.63, 3.8) is 0 Å². The third kappa shape index (κ3) is 6.02. The van der Waals surface area contributed by atoms with Gasteiger partial charge in [0.2, 0.25) is 0 Å². The second-order valence-corrected chi connectivity index (χ2v) is 5.41. The first kappa shape index (κ1) is 17.9. The Morgan fingerprint density at radius 1 is 1.24 bits per heavy atom.